The molecule has 3 rings (SSSR count). The Hall–Kier alpha value is -2.69. The van der Waals surface area contributed by atoms with Gasteiger partial charge < -0.3 is 4.74 Å². The summed E-state index contributed by atoms with van der Waals surface area (Å²) in [6.07, 6.45) is -0.478. The number of H-pyrrole nitrogens is 1. The molecule has 0 spiro atoms. The summed E-state index contributed by atoms with van der Waals surface area (Å²) in [5.41, 5.74) is 1.75. The predicted octanol–water partition coefficient (Wildman–Crippen LogP) is 3.62. The van der Waals surface area contributed by atoms with Gasteiger partial charge in [0.05, 0.1) is 5.52 Å². The maximum absolute atomic E-state index is 12.9. The highest BCUT2D eigenvalue weighted by Gasteiger charge is 2.18. The molecule has 0 amide bonds. The number of aromatic nitrogens is 2. The fourth-order valence-corrected chi connectivity index (χ4v) is 2.14. The zero-order chi connectivity index (χ0) is 14.8. The van der Waals surface area contributed by atoms with E-state index >= 15 is 0 Å². The Morgan fingerprint density at radius 3 is 2.67 bits per heavy atom. The van der Waals surface area contributed by atoms with Gasteiger partial charge in [-0.3, -0.25) is 5.10 Å². The van der Waals surface area contributed by atoms with Crippen molar-refractivity contribution in [3.05, 3.63) is 65.6 Å². The van der Waals surface area contributed by atoms with Crippen molar-refractivity contribution in [3.63, 3.8) is 0 Å². The number of rotatable bonds is 3. The lowest BCUT2D eigenvalue weighted by Gasteiger charge is -2.12. The number of carbonyl (C=O) groups excluding carboxylic acids is 1. The van der Waals surface area contributed by atoms with Gasteiger partial charge in [-0.25, -0.2) is 9.18 Å². The summed E-state index contributed by atoms with van der Waals surface area (Å²) in [7, 11) is 0. The van der Waals surface area contributed by atoms with Gasteiger partial charge in [0.1, 0.15) is 11.9 Å². The zero-order valence-electron chi connectivity index (χ0n) is 11.3. The molecular weight excluding hydrogens is 271 g/mol. The van der Waals surface area contributed by atoms with Crippen LogP contribution in [0.3, 0.4) is 0 Å². The summed E-state index contributed by atoms with van der Waals surface area (Å²) in [4.78, 5) is 12.2. The van der Waals surface area contributed by atoms with Gasteiger partial charge >= 0.3 is 5.97 Å². The van der Waals surface area contributed by atoms with Crippen molar-refractivity contribution in [2.45, 2.75) is 13.0 Å². The minimum Gasteiger partial charge on any atom is -0.453 e. The van der Waals surface area contributed by atoms with Gasteiger partial charge in [-0.15, -0.1) is 0 Å². The van der Waals surface area contributed by atoms with Crippen LogP contribution in [0.2, 0.25) is 0 Å². The second kappa shape index (κ2) is 5.36. The molecule has 21 heavy (non-hydrogen) atoms. The predicted molar refractivity (Wildman–Crippen MR) is 76.3 cm³/mol. The first-order valence-corrected chi connectivity index (χ1v) is 6.54. The molecule has 0 bridgehead atoms. The summed E-state index contributed by atoms with van der Waals surface area (Å²) in [6, 6.07) is 13.2. The Bertz CT molecular complexity index is 780. The van der Waals surface area contributed by atoms with Crippen molar-refractivity contribution >= 4 is 16.9 Å². The Balaban J connectivity index is 1.81. The quantitative estimate of drug-likeness (QED) is 0.747. The molecule has 5 heteroatoms. The average Bonchev–Trinajstić information content (AvgIpc) is 2.92. The van der Waals surface area contributed by atoms with Crippen LogP contribution in [0, 0.1) is 5.82 Å². The largest absolute Gasteiger partial charge is 0.453 e. The third-order valence-electron chi connectivity index (χ3n) is 3.29. The summed E-state index contributed by atoms with van der Waals surface area (Å²) in [6.45, 7) is 1.74. The smallest absolute Gasteiger partial charge is 0.360 e. The number of esters is 1. The van der Waals surface area contributed by atoms with Crippen LogP contribution in [0.5, 0.6) is 0 Å². The van der Waals surface area contributed by atoms with E-state index in [9.17, 15) is 9.18 Å². The first-order valence-electron chi connectivity index (χ1n) is 6.54. The minimum atomic E-state index is -0.510. The topological polar surface area (TPSA) is 55.0 Å². The third kappa shape index (κ3) is 2.63. The van der Waals surface area contributed by atoms with Crippen LogP contribution in [-0.4, -0.2) is 16.2 Å². The Morgan fingerprint density at radius 1 is 1.19 bits per heavy atom. The van der Waals surface area contributed by atoms with Crippen LogP contribution >= 0.6 is 0 Å². The number of benzene rings is 2. The highest BCUT2D eigenvalue weighted by molar-refractivity contribution is 6.01. The number of aromatic amines is 1. The summed E-state index contributed by atoms with van der Waals surface area (Å²) >= 11 is 0. The number of fused-ring (bicyclic) bond motifs is 1. The van der Waals surface area contributed by atoms with Crippen molar-refractivity contribution in [1.29, 1.82) is 0 Å². The molecule has 1 heterocycles. The maximum atomic E-state index is 12.9. The number of hydrogen-bond acceptors (Lipinski definition) is 3. The van der Waals surface area contributed by atoms with Gasteiger partial charge in [0.15, 0.2) is 5.69 Å². The molecule has 1 atom stereocenters. The number of nitrogens with zero attached hydrogens (tertiary/aromatic N) is 1. The number of halogens is 1. The van der Waals surface area contributed by atoms with Crippen LogP contribution in [0.4, 0.5) is 4.39 Å². The second-order valence-electron chi connectivity index (χ2n) is 4.72. The molecule has 3 aromatic rings. The van der Waals surface area contributed by atoms with Crippen molar-refractivity contribution in [2.24, 2.45) is 0 Å². The molecule has 0 unspecified atom stereocenters. The number of hydrogen-bond donors (Lipinski definition) is 1. The third-order valence-corrected chi connectivity index (χ3v) is 3.29. The molecule has 2 aromatic carbocycles. The van der Waals surface area contributed by atoms with Crippen LogP contribution in [0.1, 0.15) is 29.1 Å². The van der Waals surface area contributed by atoms with Crippen LogP contribution in [0.25, 0.3) is 10.9 Å². The zero-order valence-corrected chi connectivity index (χ0v) is 11.3. The van der Waals surface area contributed by atoms with Crippen LogP contribution < -0.4 is 0 Å². The highest BCUT2D eigenvalue weighted by Crippen LogP contribution is 2.21. The molecule has 4 nitrogen and oxygen atoms in total. The van der Waals surface area contributed by atoms with Crippen molar-refractivity contribution in [2.75, 3.05) is 0 Å². The monoisotopic (exact) mass is 284 g/mol. The number of ether oxygens (including phenoxy) is 1. The van der Waals surface area contributed by atoms with Gasteiger partial charge in [-0.2, -0.15) is 5.10 Å². The van der Waals surface area contributed by atoms with Gasteiger partial charge in [-0.05, 0) is 30.7 Å². The number of nitrogens with one attached hydrogen (secondary N) is 1. The fourth-order valence-electron chi connectivity index (χ4n) is 2.14. The molecule has 0 saturated carbocycles. The van der Waals surface area contributed by atoms with Crippen molar-refractivity contribution in [3.8, 4) is 0 Å². The molecule has 0 radical (unpaired) electrons. The minimum absolute atomic E-state index is 0.250. The maximum Gasteiger partial charge on any atom is 0.360 e. The summed E-state index contributed by atoms with van der Waals surface area (Å²) in [5, 5.41) is 7.50. The lowest BCUT2D eigenvalue weighted by atomic mass is 10.1. The molecular formula is C16H13FN2O2. The molecule has 0 aliphatic heterocycles. The highest BCUT2D eigenvalue weighted by atomic mass is 19.1. The van der Waals surface area contributed by atoms with E-state index in [-0.39, 0.29) is 11.5 Å². The molecule has 1 aromatic heterocycles. The molecule has 0 fully saturated rings. The van der Waals surface area contributed by atoms with E-state index in [0.717, 1.165) is 11.1 Å². The van der Waals surface area contributed by atoms with E-state index in [1.807, 2.05) is 18.2 Å². The van der Waals surface area contributed by atoms with Crippen molar-refractivity contribution < 1.29 is 13.9 Å². The van der Waals surface area contributed by atoms with Gasteiger partial charge in [0, 0.05) is 5.39 Å². The average molecular weight is 284 g/mol. The fraction of sp³-hybridized carbons (Fsp3) is 0.125. The molecule has 0 aliphatic carbocycles. The molecule has 0 aliphatic rings. The SMILES string of the molecule is C[C@@H](OC(=O)c1n[nH]c2ccccc12)c1ccc(F)cc1. The van der Waals surface area contributed by atoms with E-state index in [2.05, 4.69) is 10.2 Å². The Labute approximate surface area is 120 Å². The standard InChI is InChI=1S/C16H13FN2O2/c1-10(11-6-8-12(17)9-7-11)21-16(20)15-13-4-2-3-5-14(13)18-19-15/h2-10H,1H3,(H,18,19)/t10-/m1/s1. The summed E-state index contributed by atoms with van der Waals surface area (Å²) in [5.74, 6) is -0.833. The van der Waals surface area contributed by atoms with Gasteiger partial charge in [0.25, 0.3) is 0 Å². The van der Waals surface area contributed by atoms with Crippen LogP contribution in [0.15, 0.2) is 48.5 Å². The lowest BCUT2D eigenvalue weighted by Crippen LogP contribution is -2.10. The van der Waals surface area contributed by atoms with Crippen LogP contribution in [-0.2, 0) is 4.74 Å². The summed E-state index contributed by atoms with van der Waals surface area (Å²) < 4.78 is 18.3. The first kappa shape index (κ1) is 13.3. The lowest BCUT2D eigenvalue weighted by molar-refractivity contribution is 0.0333. The van der Waals surface area contributed by atoms with E-state index in [1.165, 1.54) is 12.1 Å². The second-order valence-corrected chi connectivity index (χ2v) is 4.72. The number of carbonyl (C=O) groups is 1. The first-order chi connectivity index (χ1) is 10.1. The molecule has 106 valence electrons. The van der Waals surface area contributed by atoms with E-state index in [4.69, 9.17) is 4.74 Å². The van der Waals surface area contributed by atoms with E-state index in [1.54, 1.807) is 25.1 Å². The van der Waals surface area contributed by atoms with Crippen molar-refractivity contribution in [1.82, 2.24) is 10.2 Å². The Morgan fingerprint density at radius 2 is 1.90 bits per heavy atom. The van der Waals surface area contributed by atoms with E-state index in [0.29, 0.717) is 5.39 Å². The number of para-hydroxylation sites is 1. The normalized spacial score (nSPS) is 12.3. The molecule has 1 N–H and O–H groups in total. The van der Waals surface area contributed by atoms with Gasteiger partial charge in [0.2, 0.25) is 0 Å². The van der Waals surface area contributed by atoms with Gasteiger partial charge in [-0.1, -0.05) is 30.3 Å². The van der Waals surface area contributed by atoms with E-state index < -0.39 is 12.1 Å². The Kier molecular flexibility index (Phi) is 3.39. The molecule has 0 saturated heterocycles.